The molecule has 1 fully saturated rings. The summed E-state index contributed by atoms with van der Waals surface area (Å²) in [6.45, 7) is 0. The first kappa shape index (κ1) is 25.0. The maximum atomic E-state index is 2.57. The Morgan fingerprint density at radius 3 is 1.97 bits per heavy atom. The van der Waals surface area contributed by atoms with Crippen molar-refractivity contribution in [3.63, 3.8) is 0 Å². The van der Waals surface area contributed by atoms with E-state index in [-0.39, 0.29) is 6.04 Å². The number of rotatable bonds is 12. The molecular weight excluding hydrogens is 458 g/mol. The molecule has 1 heteroatoms. The van der Waals surface area contributed by atoms with Gasteiger partial charge in [0.25, 0.3) is 0 Å². The molecule has 0 saturated heterocycles. The highest BCUT2D eigenvalue weighted by atomic mass is 15.2. The molecule has 38 heavy (non-hydrogen) atoms. The molecule has 4 aromatic carbocycles. The molecule has 2 bridgehead atoms. The van der Waals surface area contributed by atoms with Crippen molar-refractivity contribution in [3.05, 3.63) is 121 Å². The molecule has 4 atom stereocenters. The highest BCUT2D eigenvalue weighted by Gasteiger charge is 2.34. The standard InChI is InChI=1S/C37H41N/c1(2-6-16-31-27-29-25-26-32(31)28-29)3-11-24-37(36-23-14-17-30-15-12-13-22-35(30)36)38(33-18-7-4-8-19-33)34-20-9-5-10-21-34/h4-5,7-10,12-15,17-23,25-26,29,31-32,37H,1-3,6,11,16,24,27-28H2. The van der Waals surface area contributed by atoms with E-state index in [4.69, 9.17) is 0 Å². The summed E-state index contributed by atoms with van der Waals surface area (Å²) in [5.41, 5.74) is 3.95. The summed E-state index contributed by atoms with van der Waals surface area (Å²) < 4.78 is 0. The molecule has 0 spiro atoms. The van der Waals surface area contributed by atoms with Crippen LogP contribution in [0.2, 0.25) is 0 Å². The molecule has 0 heterocycles. The van der Waals surface area contributed by atoms with Crippen LogP contribution in [0, 0.1) is 17.8 Å². The minimum atomic E-state index is 0.284. The first-order chi connectivity index (χ1) is 18.9. The van der Waals surface area contributed by atoms with Crippen LogP contribution in [0.1, 0.15) is 69.4 Å². The summed E-state index contributed by atoms with van der Waals surface area (Å²) in [6.07, 6.45) is 17.2. The molecule has 1 saturated carbocycles. The molecule has 4 unspecified atom stereocenters. The predicted octanol–water partition coefficient (Wildman–Crippen LogP) is 10.7. The Labute approximate surface area is 229 Å². The first-order valence-electron chi connectivity index (χ1n) is 14.9. The second-order valence-corrected chi connectivity index (χ2v) is 11.5. The summed E-state index contributed by atoms with van der Waals surface area (Å²) in [5, 5.41) is 2.70. The fourth-order valence-electron chi connectivity index (χ4n) is 7.15. The van der Waals surface area contributed by atoms with Crippen molar-refractivity contribution in [1.82, 2.24) is 0 Å². The van der Waals surface area contributed by atoms with E-state index in [0.29, 0.717) is 0 Å². The maximum Gasteiger partial charge on any atom is 0.0597 e. The average molecular weight is 500 g/mol. The van der Waals surface area contributed by atoms with E-state index < -0.39 is 0 Å². The van der Waals surface area contributed by atoms with Gasteiger partial charge in [-0.2, -0.15) is 0 Å². The number of para-hydroxylation sites is 2. The van der Waals surface area contributed by atoms with Crippen LogP contribution in [-0.4, -0.2) is 0 Å². The lowest BCUT2D eigenvalue weighted by Crippen LogP contribution is -2.24. The van der Waals surface area contributed by atoms with Crippen LogP contribution in [0.25, 0.3) is 10.8 Å². The maximum absolute atomic E-state index is 2.57. The van der Waals surface area contributed by atoms with E-state index in [9.17, 15) is 0 Å². The van der Waals surface area contributed by atoms with E-state index in [1.807, 2.05) is 0 Å². The second-order valence-electron chi connectivity index (χ2n) is 11.5. The molecule has 0 aromatic heterocycles. The third kappa shape index (κ3) is 5.58. The van der Waals surface area contributed by atoms with Gasteiger partial charge in [-0.3, -0.25) is 0 Å². The quantitative estimate of drug-likeness (QED) is 0.138. The van der Waals surface area contributed by atoms with Gasteiger partial charge in [-0.1, -0.05) is 123 Å². The summed E-state index contributed by atoms with van der Waals surface area (Å²) in [4.78, 5) is 2.57. The van der Waals surface area contributed by atoms with Gasteiger partial charge < -0.3 is 4.90 Å². The van der Waals surface area contributed by atoms with Crippen LogP contribution in [0.4, 0.5) is 11.4 Å². The largest absolute Gasteiger partial charge is 0.334 e. The summed E-state index contributed by atoms with van der Waals surface area (Å²) >= 11 is 0. The van der Waals surface area contributed by atoms with Crippen molar-refractivity contribution in [1.29, 1.82) is 0 Å². The summed E-state index contributed by atoms with van der Waals surface area (Å²) in [5.74, 6) is 2.79. The minimum Gasteiger partial charge on any atom is -0.334 e. The Bertz CT molecular complexity index is 1280. The van der Waals surface area contributed by atoms with E-state index >= 15 is 0 Å². The predicted molar refractivity (Wildman–Crippen MR) is 163 cm³/mol. The molecule has 0 radical (unpaired) electrons. The van der Waals surface area contributed by atoms with Crippen LogP contribution in [0.3, 0.4) is 0 Å². The van der Waals surface area contributed by atoms with Gasteiger partial charge >= 0.3 is 0 Å². The van der Waals surface area contributed by atoms with E-state index in [1.165, 1.54) is 79.1 Å². The van der Waals surface area contributed by atoms with Gasteiger partial charge in [0.1, 0.15) is 0 Å². The number of benzene rings is 4. The Morgan fingerprint density at radius 1 is 0.605 bits per heavy atom. The molecule has 0 aliphatic heterocycles. The van der Waals surface area contributed by atoms with Crippen molar-refractivity contribution in [2.45, 2.75) is 63.8 Å². The van der Waals surface area contributed by atoms with Crippen LogP contribution >= 0.6 is 0 Å². The number of allylic oxidation sites excluding steroid dienone is 2. The lowest BCUT2D eigenvalue weighted by atomic mass is 9.88. The lowest BCUT2D eigenvalue weighted by Gasteiger charge is -2.35. The van der Waals surface area contributed by atoms with Gasteiger partial charge in [-0.05, 0) is 84.0 Å². The van der Waals surface area contributed by atoms with Crippen LogP contribution < -0.4 is 4.90 Å². The third-order valence-electron chi connectivity index (χ3n) is 9.03. The molecule has 0 amide bonds. The topological polar surface area (TPSA) is 3.24 Å². The molecule has 0 N–H and O–H groups in total. The molecule has 6 rings (SSSR count). The van der Waals surface area contributed by atoms with Gasteiger partial charge in [0.2, 0.25) is 0 Å². The first-order valence-corrected chi connectivity index (χ1v) is 14.9. The van der Waals surface area contributed by atoms with E-state index in [2.05, 4.69) is 120 Å². The van der Waals surface area contributed by atoms with Gasteiger partial charge in [0.15, 0.2) is 0 Å². The minimum absolute atomic E-state index is 0.284. The zero-order chi connectivity index (χ0) is 25.6. The fourth-order valence-corrected chi connectivity index (χ4v) is 7.15. The number of fused-ring (bicyclic) bond motifs is 3. The SMILES string of the molecule is C1=CC2CC1CC2CCCCCCCC(c1cccc2ccccc12)N(c1ccccc1)c1ccccc1. The van der Waals surface area contributed by atoms with Gasteiger partial charge in [-0.25, -0.2) is 0 Å². The van der Waals surface area contributed by atoms with Crippen molar-refractivity contribution < 1.29 is 0 Å². The molecule has 2 aliphatic rings. The zero-order valence-electron chi connectivity index (χ0n) is 22.6. The fraction of sp³-hybridized carbons (Fsp3) is 0.351. The van der Waals surface area contributed by atoms with Crippen molar-refractivity contribution in [2.75, 3.05) is 4.90 Å². The van der Waals surface area contributed by atoms with Crippen LogP contribution in [-0.2, 0) is 0 Å². The van der Waals surface area contributed by atoms with Gasteiger partial charge in [0.05, 0.1) is 6.04 Å². The zero-order valence-corrected chi connectivity index (χ0v) is 22.6. The number of anilines is 2. The normalized spacial score (nSPS) is 20.7. The van der Waals surface area contributed by atoms with E-state index in [0.717, 1.165) is 24.2 Å². The van der Waals surface area contributed by atoms with E-state index in [1.54, 1.807) is 0 Å². The van der Waals surface area contributed by atoms with Crippen molar-refractivity contribution in [3.8, 4) is 0 Å². The molecule has 2 aliphatic carbocycles. The summed E-state index contributed by atoms with van der Waals surface area (Å²) in [6, 6.07) is 37.9. The third-order valence-corrected chi connectivity index (χ3v) is 9.03. The Morgan fingerprint density at radius 2 is 1.26 bits per heavy atom. The average Bonchev–Trinajstić information content (AvgIpc) is 3.61. The molecule has 194 valence electrons. The molecular formula is C37H41N. The number of unbranched alkanes of at least 4 members (excludes halogenated alkanes) is 4. The monoisotopic (exact) mass is 499 g/mol. The van der Waals surface area contributed by atoms with Gasteiger partial charge in [-0.15, -0.1) is 0 Å². The van der Waals surface area contributed by atoms with Crippen molar-refractivity contribution in [2.24, 2.45) is 17.8 Å². The Hall–Kier alpha value is -3.32. The number of hydrogen-bond acceptors (Lipinski definition) is 1. The smallest absolute Gasteiger partial charge is 0.0597 e. The Balaban J connectivity index is 1.18. The molecule has 4 aromatic rings. The summed E-state index contributed by atoms with van der Waals surface area (Å²) in [7, 11) is 0. The van der Waals surface area contributed by atoms with Crippen molar-refractivity contribution >= 4 is 22.1 Å². The number of nitrogens with zero attached hydrogens (tertiary/aromatic N) is 1. The second kappa shape index (κ2) is 12.0. The van der Waals surface area contributed by atoms with Gasteiger partial charge in [0, 0.05) is 11.4 Å². The van der Waals surface area contributed by atoms with Crippen LogP contribution in [0.15, 0.2) is 115 Å². The lowest BCUT2D eigenvalue weighted by molar-refractivity contribution is 0.393. The highest BCUT2D eigenvalue weighted by Crippen LogP contribution is 2.45. The Kier molecular flexibility index (Phi) is 7.91. The highest BCUT2D eigenvalue weighted by molar-refractivity contribution is 5.87. The van der Waals surface area contributed by atoms with Crippen LogP contribution in [0.5, 0.6) is 0 Å². The number of hydrogen-bond donors (Lipinski definition) is 0. The molecule has 1 nitrogen and oxygen atoms in total.